The van der Waals surface area contributed by atoms with Crippen LogP contribution in [0.25, 0.3) is 0 Å². The van der Waals surface area contributed by atoms with Gasteiger partial charge < -0.3 is 10.2 Å². The van der Waals surface area contributed by atoms with Crippen molar-refractivity contribution in [3.63, 3.8) is 0 Å². The molecule has 0 saturated heterocycles. The maximum atomic E-state index is 12.3. The average molecular weight is 345 g/mol. The number of carbonyl (C=O) groups excluding carboxylic acids is 1. The van der Waals surface area contributed by atoms with Crippen LogP contribution in [0.4, 0.5) is 11.4 Å². The molecule has 4 nitrogen and oxygen atoms in total. The first-order valence-corrected chi connectivity index (χ1v) is 8.87. The van der Waals surface area contributed by atoms with Gasteiger partial charge in [0.05, 0.1) is 17.4 Å². The number of benzene rings is 2. The van der Waals surface area contributed by atoms with Crippen molar-refractivity contribution in [1.82, 2.24) is 10.3 Å². The van der Waals surface area contributed by atoms with Gasteiger partial charge in [-0.3, -0.25) is 9.78 Å². The second-order valence-electron chi connectivity index (χ2n) is 6.10. The molecule has 0 aliphatic heterocycles. The van der Waals surface area contributed by atoms with Crippen molar-refractivity contribution in [1.29, 1.82) is 0 Å². The summed E-state index contributed by atoms with van der Waals surface area (Å²) in [4.78, 5) is 18.8. The standard InChI is InChI=1S/C22H23N3O/c1-2-13-24-22(26)19-14-21(16-23-15-19)25(20-11-7-4-8-12-20)17-18-9-5-3-6-10-18/h3-12,14-16H,2,13,17H2,1H3,(H,24,26). The molecule has 1 N–H and O–H groups in total. The molecule has 1 amide bonds. The molecule has 0 unspecified atom stereocenters. The number of hydrogen-bond acceptors (Lipinski definition) is 3. The SMILES string of the molecule is CCCNC(=O)c1cncc(N(Cc2ccccc2)c2ccccc2)c1. The van der Waals surface area contributed by atoms with E-state index in [0.717, 1.165) is 17.8 Å². The van der Waals surface area contributed by atoms with E-state index in [1.807, 2.05) is 49.4 Å². The number of rotatable bonds is 7. The lowest BCUT2D eigenvalue weighted by Crippen LogP contribution is -2.24. The molecule has 0 bridgehead atoms. The van der Waals surface area contributed by atoms with E-state index >= 15 is 0 Å². The summed E-state index contributed by atoms with van der Waals surface area (Å²) < 4.78 is 0. The van der Waals surface area contributed by atoms with Crippen LogP contribution in [0.15, 0.2) is 79.1 Å². The minimum atomic E-state index is -0.0890. The monoisotopic (exact) mass is 345 g/mol. The lowest BCUT2D eigenvalue weighted by Gasteiger charge is -2.25. The van der Waals surface area contributed by atoms with Crippen LogP contribution in [0.2, 0.25) is 0 Å². The summed E-state index contributed by atoms with van der Waals surface area (Å²) in [5.41, 5.74) is 3.72. The van der Waals surface area contributed by atoms with Gasteiger partial charge in [-0.05, 0) is 30.2 Å². The third kappa shape index (κ3) is 4.48. The van der Waals surface area contributed by atoms with Gasteiger partial charge in [-0.15, -0.1) is 0 Å². The van der Waals surface area contributed by atoms with Gasteiger partial charge in [0.1, 0.15) is 0 Å². The van der Waals surface area contributed by atoms with Crippen molar-refractivity contribution in [3.8, 4) is 0 Å². The first kappa shape index (κ1) is 17.7. The van der Waals surface area contributed by atoms with E-state index in [4.69, 9.17) is 0 Å². The number of hydrogen-bond donors (Lipinski definition) is 1. The van der Waals surface area contributed by atoms with Crippen LogP contribution >= 0.6 is 0 Å². The van der Waals surface area contributed by atoms with Crippen LogP contribution in [-0.4, -0.2) is 17.4 Å². The minimum absolute atomic E-state index is 0.0890. The second kappa shape index (κ2) is 8.81. The number of pyridine rings is 1. The predicted molar refractivity (Wildman–Crippen MR) is 106 cm³/mol. The topological polar surface area (TPSA) is 45.2 Å². The minimum Gasteiger partial charge on any atom is -0.352 e. The van der Waals surface area contributed by atoms with E-state index < -0.39 is 0 Å². The Bertz CT molecular complexity index is 834. The number of nitrogens with one attached hydrogen (secondary N) is 1. The number of anilines is 2. The van der Waals surface area contributed by atoms with E-state index in [0.29, 0.717) is 18.7 Å². The van der Waals surface area contributed by atoms with E-state index in [-0.39, 0.29) is 5.91 Å². The number of amides is 1. The highest BCUT2D eigenvalue weighted by atomic mass is 16.1. The highest BCUT2D eigenvalue weighted by Gasteiger charge is 2.13. The molecule has 1 heterocycles. The summed E-state index contributed by atoms with van der Waals surface area (Å²) >= 11 is 0. The van der Waals surface area contributed by atoms with Crippen LogP contribution in [-0.2, 0) is 6.54 Å². The third-order valence-electron chi connectivity index (χ3n) is 4.08. The first-order valence-electron chi connectivity index (χ1n) is 8.87. The van der Waals surface area contributed by atoms with E-state index in [9.17, 15) is 4.79 Å². The zero-order chi connectivity index (χ0) is 18.2. The highest BCUT2D eigenvalue weighted by molar-refractivity contribution is 5.94. The molecule has 0 aliphatic rings. The Kier molecular flexibility index (Phi) is 5.99. The zero-order valence-corrected chi connectivity index (χ0v) is 14.9. The maximum Gasteiger partial charge on any atom is 0.252 e. The number of nitrogens with zero attached hydrogens (tertiary/aromatic N) is 2. The molecule has 0 spiro atoms. The summed E-state index contributed by atoms with van der Waals surface area (Å²) in [5.74, 6) is -0.0890. The fourth-order valence-corrected chi connectivity index (χ4v) is 2.75. The Morgan fingerprint density at radius 2 is 1.65 bits per heavy atom. The van der Waals surface area contributed by atoms with Crippen LogP contribution in [0.5, 0.6) is 0 Å². The normalized spacial score (nSPS) is 10.3. The first-order chi connectivity index (χ1) is 12.8. The highest BCUT2D eigenvalue weighted by Crippen LogP contribution is 2.27. The van der Waals surface area contributed by atoms with E-state index in [1.165, 1.54) is 5.56 Å². The molecular formula is C22H23N3O. The van der Waals surface area contributed by atoms with Gasteiger partial charge >= 0.3 is 0 Å². The number of para-hydroxylation sites is 1. The van der Waals surface area contributed by atoms with E-state index in [1.54, 1.807) is 12.4 Å². The molecule has 0 radical (unpaired) electrons. The average Bonchev–Trinajstić information content (AvgIpc) is 2.71. The lowest BCUT2D eigenvalue weighted by molar-refractivity contribution is 0.0953. The Morgan fingerprint density at radius 3 is 2.35 bits per heavy atom. The molecule has 4 heteroatoms. The van der Waals surface area contributed by atoms with E-state index in [2.05, 4.69) is 39.5 Å². The van der Waals surface area contributed by atoms with Crippen LogP contribution in [0.3, 0.4) is 0 Å². The summed E-state index contributed by atoms with van der Waals surface area (Å²) in [6.07, 6.45) is 4.32. The summed E-state index contributed by atoms with van der Waals surface area (Å²) in [5, 5.41) is 2.91. The Labute approximate surface area is 154 Å². The quantitative estimate of drug-likeness (QED) is 0.683. The van der Waals surface area contributed by atoms with Crippen molar-refractivity contribution < 1.29 is 4.79 Å². The molecule has 132 valence electrons. The third-order valence-corrected chi connectivity index (χ3v) is 4.08. The lowest BCUT2D eigenvalue weighted by atomic mass is 10.1. The van der Waals surface area contributed by atoms with Crippen molar-refractivity contribution in [2.45, 2.75) is 19.9 Å². The molecule has 1 aromatic heterocycles. The molecule has 0 saturated carbocycles. The van der Waals surface area contributed by atoms with Crippen LogP contribution in [0.1, 0.15) is 29.3 Å². The molecule has 2 aromatic carbocycles. The Balaban J connectivity index is 1.93. The van der Waals surface area contributed by atoms with Crippen LogP contribution in [0, 0.1) is 0 Å². The van der Waals surface area contributed by atoms with Crippen molar-refractivity contribution >= 4 is 17.3 Å². The van der Waals surface area contributed by atoms with Gasteiger partial charge in [0.2, 0.25) is 0 Å². The van der Waals surface area contributed by atoms with Crippen molar-refractivity contribution in [2.24, 2.45) is 0 Å². The second-order valence-corrected chi connectivity index (χ2v) is 6.10. The molecule has 0 atom stereocenters. The smallest absolute Gasteiger partial charge is 0.252 e. The summed E-state index contributed by atoms with van der Waals surface area (Å²) in [7, 11) is 0. The van der Waals surface area contributed by atoms with Gasteiger partial charge in [0, 0.05) is 25.0 Å². The maximum absolute atomic E-state index is 12.3. The molecule has 26 heavy (non-hydrogen) atoms. The van der Waals surface area contributed by atoms with Crippen LogP contribution < -0.4 is 10.2 Å². The van der Waals surface area contributed by atoms with Crippen molar-refractivity contribution in [3.05, 3.63) is 90.3 Å². The molecular weight excluding hydrogens is 322 g/mol. The van der Waals surface area contributed by atoms with Crippen molar-refractivity contribution in [2.75, 3.05) is 11.4 Å². The fourth-order valence-electron chi connectivity index (χ4n) is 2.75. The van der Waals surface area contributed by atoms with Gasteiger partial charge in [0.15, 0.2) is 0 Å². The van der Waals surface area contributed by atoms with Gasteiger partial charge in [-0.1, -0.05) is 55.5 Å². The molecule has 0 aliphatic carbocycles. The summed E-state index contributed by atoms with van der Waals surface area (Å²) in [6.45, 7) is 3.40. The number of aromatic nitrogens is 1. The molecule has 0 fully saturated rings. The summed E-state index contributed by atoms with van der Waals surface area (Å²) in [6, 6.07) is 22.3. The molecule has 3 aromatic rings. The fraction of sp³-hybridized carbons (Fsp3) is 0.182. The molecule has 3 rings (SSSR count). The predicted octanol–water partition coefficient (Wildman–Crippen LogP) is 4.56. The number of carbonyl (C=O) groups is 1. The van der Waals surface area contributed by atoms with Gasteiger partial charge in [0.25, 0.3) is 5.91 Å². The zero-order valence-electron chi connectivity index (χ0n) is 14.9. The van der Waals surface area contributed by atoms with Gasteiger partial charge in [-0.25, -0.2) is 0 Å². The Morgan fingerprint density at radius 1 is 0.962 bits per heavy atom. The largest absolute Gasteiger partial charge is 0.352 e. The van der Waals surface area contributed by atoms with Gasteiger partial charge in [-0.2, -0.15) is 0 Å². The Hall–Kier alpha value is -3.14.